The lowest BCUT2D eigenvalue weighted by atomic mass is 10.1. The molecule has 0 aliphatic carbocycles. The minimum absolute atomic E-state index is 0.376. The fourth-order valence-electron chi connectivity index (χ4n) is 2.80. The average Bonchev–Trinajstić information content (AvgIpc) is 2.91. The Hall–Kier alpha value is -1.01. The van der Waals surface area contributed by atoms with Crippen LogP contribution >= 0.6 is 22.6 Å². The van der Waals surface area contributed by atoms with Crippen LogP contribution in [0.5, 0.6) is 0 Å². The summed E-state index contributed by atoms with van der Waals surface area (Å²) in [7, 11) is -13.1. The van der Waals surface area contributed by atoms with Gasteiger partial charge in [-0.2, -0.15) is 0 Å². The van der Waals surface area contributed by atoms with Gasteiger partial charge in [0.25, 0.3) is 5.91 Å². The lowest BCUT2D eigenvalue weighted by molar-refractivity contribution is -0.133. The summed E-state index contributed by atoms with van der Waals surface area (Å²) in [6.45, 7) is -0.845. The summed E-state index contributed by atoms with van der Waals surface area (Å²) >= 11 is 0. The first kappa shape index (κ1) is 26.2. The summed E-state index contributed by atoms with van der Waals surface area (Å²) in [6.07, 6.45) is -3.50. The van der Waals surface area contributed by atoms with E-state index in [-0.39, 0.29) is 0 Å². The van der Waals surface area contributed by atoms with E-state index in [1.54, 1.807) is 12.1 Å². The number of anilines is 1. The zero-order valence-electron chi connectivity index (χ0n) is 16.1. The zero-order valence-corrected chi connectivity index (χ0v) is 18.8. The summed E-state index contributed by atoms with van der Waals surface area (Å²) in [5.41, 5.74) is 0.376. The fraction of sp³-hybridized carbons (Fsp3) is 0.571. The highest BCUT2D eigenvalue weighted by Crippen LogP contribution is 2.63. The molecule has 0 saturated carbocycles. The Morgan fingerprint density at radius 1 is 1.16 bits per heavy atom. The molecule has 6 N–H and O–H groups in total. The van der Waals surface area contributed by atoms with Crippen LogP contribution in [0.3, 0.4) is 0 Å². The summed E-state index contributed by atoms with van der Waals surface area (Å²) in [6, 6.07) is 3.14. The first-order valence-electron chi connectivity index (χ1n) is 8.63. The van der Waals surface area contributed by atoms with Crippen LogP contribution in [0.15, 0.2) is 24.5 Å². The number of rotatable bonds is 9. The molecule has 1 aliphatic rings. The topological polar surface area (TPSA) is 224 Å². The molecule has 3 unspecified atom stereocenters. The van der Waals surface area contributed by atoms with Crippen molar-refractivity contribution < 1.29 is 57.5 Å². The first-order chi connectivity index (χ1) is 14.1. The number of hydrogen-bond donors (Lipinski definition) is 6. The molecule has 0 aromatic carbocycles. The Bertz CT molecular complexity index is 924. The van der Waals surface area contributed by atoms with Crippen molar-refractivity contribution in [3.63, 3.8) is 0 Å². The number of aromatic nitrogens is 1. The molecule has 1 saturated heterocycles. The Balaban J connectivity index is 2.00. The van der Waals surface area contributed by atoms with Crippen molar-refractivity contribution in [1.82, 2.24) is 4.98 Å². The molecule has 176 valence electrons. The van der Waals surface area contributed by atoms with Crippen molar-refractivity contribution in [2.45, 2.75) is 24.4 Å². The summed E-state index contributed by atoms with van der Waals surface area (Å²) in [4.78, 5) is 54.4. The molecule has 1 aliphatic heterocycles. The van der Waals surface area contributed by atoms with Gasteiger partial charge in [-0.05, 0) is 12.1 Å². The molecule has 2 rings (SSSR count). The summed E-state index contributed by atoms with van der Waals surface area (Å²) in [5, 5.41) is 20.2. The van der Waals surface area contributed by atoms with Crippen LogP contribution in [0.25, 0.3) is 0 Å². The minimum Gasteiger partial charge on any atom is -0.387 e. The summed E-state index contributed by atoms with van der Waals surface area (Å²) < 4.78 is 44.6. The Morgan fingerprint density at radius 3 is 2.35 bits per heavy atom. The third-order valence-electron chi connectivity index (χ3n) is 4.22. The van der Waals surface area contributed by atoms with Crippen molar-refractivity contribution in [1.29, 1.82) is 0 Å². The third-order valence-corrected chi connectivity index (χ3v) is 11.2. The summed E-state index contributed by atoms with van der Waals surface area (Å²) in [5.74, 6) is -3.69. The Labute approximate surface area is 176 Å². The van der Waals surface area contributed by atoms with Gasteiger partial charge in [0.2, 0.25) is 7.37 Å². The van der Waals surface area contributed by atoms with Crippen LogP contribution in [0, 0.1) is 0 Å². The van der Waals surface area contributed by atoms with Crippen LogP contribution in [0.2, 0.25) is 0 Å². The van der Waals surface area contributed by atoms with Gasteiger partial charge in [-0.1, -0.05) is 0 Å². The monoisotopic (exact) mass is 504 g/mol. The molecule has 0 radical (unpaired) electrons. The quantitative estimate of drug-likeness (QED) is 0.225. The molecule has 17 heteroatoms. The lowest BCUT2D eigenvalue weighted by Crippen LogP contribution is -2.43. The van der Waals surface area contributed by atoms with Gasteiger partial charge < -0.3 is 43.9 Å². The number of amides is 1. The number of hydrogen-bond acceptors (Lipinski definition) is 9. The molecule has 0 spiro atoms. The van der Waals surface area contributed by atoms with E-state index in [0.717, 1.165) is 4.90 Å². The predicted octanol–water partition coefficient (Wildman–Crippen LogP) is -0.901. The second-order valence-corrected chi connectivity index (χ2v) is 13.7. The van der Waals surface area contributed by atoms with Crippen LogP contribution in [0.4, 0.5) is 5.69 Å². The molecule has 1 aromatic heterocycles. The SMILES string of the molecule is CN(C(=O)C1O[C@H](COP(=O)(O)CP(=O)(O)CP(=O)(O)O)[C@@H](O)[C@H]1O)c1cccnc1. The smallest absolute Gasteiger partial charge is 0.337 e. The van der Waals surface area contributed by atoms with Crippen molar-refractivity contribution in [2.75, 3.05) is 30.4 Å². The first-order valence-corrected chi connectivity index (χ1v) is 14.2. The van der Waals surface area contributed by atoms with E-state index in [4.69, 9.17) is 14.5 Å². The number of aliphatic hydroxyl groups is 2. The van der Waals surface area contributed by atoms with E-state index < -0.39 is 71.3 Å². The maximum absolute atomic E-state index is 12.6. The standard InChI is InChI=1S/C14H23N2O12P3/c1-16(9-3-2-4-15-5-9)14(19)13-12(18)11(17)10(28-13)6-27-31(25,26)8-29(20,21)7-30(22,23)24/h2-5,10-13,17-18H,6-8H2,1H3,(H,20,21)(H,25,26)(H2,22,23,24)/t10-,11-,12-,13?/m1/s1. The zero-order chi connectivity index (χ0) is 23.6. The number of aliphatic hydroxyl groups excluding tert-OH is 2. The van der Waals surface area contributed by atoms with E-state index in [9.17, 15) is 38.5 Å². The van der Waals surface area contributed by atoms with Crippen LogP contribution in [-0.2, 0) is 27.8 Å². The van der Waals surface area contributed by atoms with E-state index in [2.05, 4.69) is 9.51 Å². The van der Waals surface area contributed by atoms with Gasteiger partial charge in [-0.15, -0.1) is 0 Å². The molecule has 2 heterocycles. The maximum atomic E-state index is 12.6. The third kappa shape index (κ3) is 7.52. The average molecular weight is 504 g/mol. The highest BCUT2D eigenvalue weighted by molar-refractivity contribution is 7.79. The molecule has 1 aromatic rings. The Kier molecular flexibility index (Phi) is 8.35. The Morgan fingerprint density at radius 2 is 1.81 bits per heavy atom. The number of carbonyl (C=O) groups is 1. The largest absolute Gasteiger partial charge is 0.387 e. The van der Waals surface area contributed by atoms with Gasteiger partial charge in [0.05, 0.1) is 18.5 Å². The number of pyridine rings is 1. The van der Waals surface area contributed by atoms with E-state index in [1.165, 1.54) is 19.4 Å². The molecular formula is C14H23N2O12P3. The normalized spacial score (nSPS) is 28.0. The van der Waals surface area contributed by atoms with Crippen molar-refractivity contribution >= 4 is 34.2 Å². The number of likely N-dealkylation sites (N-methyl/N-ethyl adjacent to an activating group) is 1. The molecule has 31 heavy (non-hydrogen) atoms. The van der Waals surface area contributed by atoms with Crippen molar-refractivity contribution in [3.8, 4) is 0 Å². The lowest BCUT2D eigenvalue weighted by Gasteiger charge is -2.22. The highest BCUT2D eigenvalue weighted by Gasteiger charge is 2.48. The van der Waals surface area contributed by atoms with Crippen molar-refractivity contribution in [2.24, 2.45) is 0 Å². The fourth-order valence-corrected chi connectivity index (χ4v) is 9.21. The molecule has 14 nitrogen and oxygen atoms in total. The minimum atomic E-state index is -4.93. The number of ether oxygens (including phenoxy) is 1. The van der Waals surface area contributed by atoms with Crippen LogP contribution in [-0.4, -0.2) is 90.6 Å². The van der Waals surface area contributed by atoms with E-state index in [0.29, 0.717) is 5.69 Å². The van der Waals surface area contributed by atoms with E-state index >= 15 is 0 Å². The highest BCUT2D eigenvalue weighted by atomic mass is 31.3. The van der Waals surface area contributed by atoms with Gasteiger partial charge in [-0.3, -0.25) is 23.5 Å². The molecule has 1 fully saturated rings. The number of nitrogens with zero attached hydrogens (tertiary/aromatic N) is 2. The number of carbonyl (C=O) groups excluding carboxylic acids is 1. The second kappa shape index (κ2) is 9.86. The maximum Gasteiger partial charge on any atom is 0.337 e. The molecular weight excluding hydrogens is 481 g/mol. The van der Waals surface area contributed by atoms with Crippen LogP contribution < -0.4 is 4.90 Å². The van der Waals surface area contributed by atoms with Gasteiger partial charge in [0.1, 0.15) is 30.1 Å². The molecule has 0 bridgehead atoms. The van der Waals surface area contributed by atoms with Gasteiger partial charge in [0.15, 0.2) is 6.10 Å². The van der Waals surface area contributed by atoms with E-state index in [1.807, 2.05) is 0 Å². The predicted molar refractivity (Wildman–Crippen MR) is 106 cm³/mol. The van der Waals surface area contributed by atoms with Crippen molar-refractivity contribution in [3.05, 3.63) is 24.5 Å². The van der Waals surface area contributed by atoms with Crippen LogP contribution in [0.1, 0.15) is 0 Å². The molecule has 1 amide bonds. The van der Waals surface area contributed by atoms with Gasteiger partial charge in [0, 0.05) is 13.2 Å². The van der Waals surface area contributed by atoms with Gasteiger partial charge in [-0.25, -0.2) is 0 Å². The second-order valence-electron chi connectivity index (χ2n) is 6.91. The molecule has 6 atom stereocenters. The van der Waals surface area contributed by atoms with Gasteiger partial charge >= 0.3 is 15.2 Å².